The normalized spacial score (nSPS) is 15.3. The summed E-state index contributed by atoms with van der Waals surface area (Å²) >= 11 is 4.76. The fraction of sp³-hybridized carbons (Fsp3) is 0.345. The van der Waals surface area contributed by atoms with Gasteiger partial charge >= 0.3 is 5.97 Å². The van der Waals surface area contributed by atoms with Crippen LogP contribution in [0.1, 0.15) is 49.4 Å². The molecule has 0 bridgehead atoms. The lowest BCUT2D eigenvalue weighted by Gasteiger charge is -2.25. The second-order valence-corrected chi connectivity index (χ2v) is 11.1. The zero-order valence-electron chi connectivity index (χ0n) is 22.7. The number of methoxy groups -OCH3 is 3. The Morgan fingerprint density at radius 2 is 1.79 bits per heavy atom. The number of halogens is 1. The summed E-state index contributed by atoms with van der Waals surface area (Å²) in [6.07, 6.45) is 1.77. The van der Waals surface area contributed by atoms with Gasteiger partial charge in [0.15, 0.2) is 4.80 Å². The van der Waals surface area contributed by atoms with Gasteiger partial charge in [-0.2, -0.15) is 0 Å². The molecule has 2 heterocycles. The van der Waals surface area contributed by atoms with E-state index in [2.05, 4.69) is 34.8 Å². The van der Waals surface area contributed by atoms with Crippen LogP contribution in [0.4, 0.5) is 0 Å². The van der Waals surface area contributed by atoms with E-state index in [1.54, 1.807) is 45.0 Å². The highest BCUT2D eigenvalue weighted by Gasteiger charge is 2.33. The number of hydrogen-bond acceptors (Lipinski definition) is 8. The predicted molar refractivity (Wildman–Crippen MR) is 154 cm³/mol. The Bertz CT molecular complexity index is 1590. The van der Waals surface area contributed by atoms with Gasteiger partial charge in [0.25, 0.3) is 5.56 Å². The van der Waals surface area contributed by atoms with Gasteiger partial charge in [-0.15, -0.1) is 0 Å². The molecule has 39 heavy (non-hydrogen) atoms. The molecule has 0 radical (unpaired) electrons. The molecule has 0 N–H and O–H groups in total. The summed E-state index contributed by atoms with van der Waals surface area (Å²) in [5.74, 6) is 0.986. The van der Waals surface area contributed by atoms with Crippen molar-refractivity contribution in [3.8, 4) is 11.5 Å². The molecule has 2 aromatic carbocycles. The molecule has 0 amide bonds. The van der Waals surface area contributed by atoms with Crippen LogP contribution in [-0.2, 0) is 14.3 Å². The first-order chi connectivity index (χ1) is 18.7. The van der Waals surface area contributed by atoms with Gasteiger partial charge in [-0.3, -0.25) is 9.36 Å². The molecule has 0 fully saturated rings. The summed E-state index contributed by atoms with van der Waals surface area (Å²) in [6, 6.07) is 10.9. The van der Waals surface area contributed by atoms with Crippen molar-refractivity contribution in [2.75, 3.05) is 34.5 Å². The summed E-state index contributed by atoms with van der Waals surface area (Å²) in [7, 11) is 4.68. The fourth-order valence-corrected chi connectivity index (χ4v) is 5.95. The molecular formula is C29H31BrN2O6S. The van der Waals surface area contributed by atoms with Gasteiger partial charge in [0.05, 0.1) is 47.1 Å². The molecule has 3 aromatic rings. The number of allylic oxidation sites excluding steroid dienone is 1. The minimum absolute atomic E-state index is 0.0989. The molecule has 1 atom stereocenters. The monoisotopic (exact) mass is 614 g/mol. The number of fused-ring (bicyclic) bond motifs is 1. The van der Waals surface area contributed by atoms with Crippen LogP contribution in [0, 0.1) is 0 Å². The largest absolute Gasteiger partial charge is 0.496 e. The molecule has 0 saturated carbocycles. The highest BCUT2D eigenvalue weighted by atomic mass is 79.9. The van der Waals surface area contributed by atoms with Crippen molar-refractivity contribution in [2.24, 2.45) is 4.99 Å². The lowest BCUT2D eigenvalue weighted by atomic mass is 9.93. The summed E-state index contributed by atoms with van der Waals surface area (Å²) in [6.45, 7) is 6.37. The Balaban J connectivity index is 1.91. The van der Waals surface area contributed by atoms with Gasteiger partial charge < -0.3 is 18.9 Å². The molecule has 1 aromatic heterocycles. The average Bonchev–Trinajstić information content (AvgIpc) is 3.22. The fourth-order valence-electron chi connectivity index (χ4n) is 4.39. The Kier molecular flexibility index (Phi) is 9.09. The van der Waals surface area contributed by atoms with Gasteiger partial charge in [0.2, 0.25) is 0 Å². The van der Waals surface area contributed by atoms with Gasteiger partial charge in [-0.05, 0) is 52.0 Å². The van der Waals surface area contributed by atoms with E-state index in [1.165, 1.54) is 11.3 Å². The van der Waals surface area contributed by atoms with Crippen molar-refractivity contribution in [1.29, 1.82) is 0 Å². The third-order valence-electron chi connectivity index (χ3n) is 6.47. The Hall–Kier alpha value is -3.21. The summed E-state index contributed by atoms with van der Waals surface area (Å²) in [5.41, 5.74) is 3.22. The SMILES string of the molecule is COCCOC(=O)C1=C(C)N=c2sc(=Cc3cc(Br)c(OC)cc3OC)c(=O)n2C1c1ccc(C(C)C)cc1. The number of nitrogens with zero attached hydrogens (tertiary/aromatic N) is 2. The standard InChI is InChI=1S/C29H31BrN2O6S/c1-16(2)18-7-9-19(10-8-18)26-25(28(34)38-12-11-35-4)17(3)31-29-32(26)27(33)24(39-29)14-20-13-21(30)23(37-6)15-22(20)36-5/h7-10,13-16,26H,11-12H2,1-6H3. The van der Waals surface area contributed by atoms with Crippen LogP contribution in [0.2, 0.25) is 0 Å². The second-order valence-electron chi connectivity index (χ2n) is 9.26. The number of rotatable bonds is 9. The number of esters is 1. The van der Waals surface area contributed by atoms with E-state index < -0.39 is 12.0 Å². The number of benzene rings is 2. The van der Waals surface area contributed by atoms with Crippen LogP contribution in [0.15, 0.2) is 61.9 Å². The summed E-state index contributed by atoms with van der Waals surface area (Å²) < 4.78 is 24.2. The van der Waals surface area contributed by atoms with Crippen molar-refractivity contribution in [3.05, 3.63) is 88.5 Å². The molecular weight excluding hydrogens is 584 g/mol. The van der Waals surface area contributed by atoms with Crippen molar-refractivity contribution in [3.63, 3.8) is 0 Å². The van der Waals surface area contributed by atoms with Crippen LogP contribution in [-0.4, -0.2) is 45.1 Å². The van der Waals surface area contributed by atoms with E-state index in [9.17, 15) is 9.59 Å². The molecule has 4 rings (SSSR count). The molecule has 8 nitrogen and oxygen atoms in total. The van der Waals surface area contributed by atoms with Gasteiger partial charge in [-0.1, -0.05) is 49.4 Å². The zero-order chi connectivity index (χ0) is 28.3. The number of carbonyl (C=O) groups excluding carboxylic acids is 1. The van der Waals surface area contributed by atoms with Crippen LogP contribution >= 0.6 is 27.3 Å². The molecule has 0 saturated heterocycles. The molecule has 1 aliphatic rings. The van der Waals surface area contributed by atoms with Crippen LogP contribution in [0.3, 0.4) is 0 Å². The third kappa shape index (κ3) is 5.88. The first kappa shape index (κ1) is 28.8. The minimum Gasteiger partial charge on any atom is -0.496 e. The number of thiazole rings is 1. The zero-order valence-corrected chi connectivity index (χ0v) is 25.1. The topological polar surface area (TPSA) is 88.4 Å². The number of ether oxygens (including phenoxy) is 4. The third-order valence-corrected chi connectivity index (χ3v) is 8.07. The molecule has 0 spiro atoms. The van der Waals surface area contributed by atoms with E-state index in [1.807, 2.05) is 30.3 Å². The number of hydrogen-bond donors (Lipinski definition) is 0. The van der Waals surface area contributed by atoms with Crippen molar-refractivity contribution >= 4 is 39.3 Å². The molecule has 10 heteroatoms. The van der Waals surface area contributed by atoms with Crippen LogP contribution < -0.4 is 24.4 Å². The first-order valence-corrected chi connectivity index (χ1v) is 14.0. The maximum atomic E-state index is 13.9. The Labute approximate surface area is 239 Å². The lowest BCUT2D eigenvalue weighted by molar-refractivity contribution is -0.140. The van der Waals surface area contributed by atoms with Crippen molar-refractivity contribution in [2.45, 2.75) is 32.7 Å². The second kappa shape index (κ2) is 12.3. The Morgan fingerprint density at radius 1 is 1.10 bits per heavy atom. The summed E-state index contributed by atoms with van der Waals surface area (Å²) in [5, 5.41) is 0. The number of carbonyl (C=O) groups is 1. The van der Waals surface area contributed by atoms with Crippen LogP contribution in [0.25, 0.3) is 6.08 Å². The smallest absolute Gasteiger partial charge is 0.338 e. The van der Waals surface area contributed by atoms with Crippen molar-refractivity contribution < 1.29 is 23.7 Å². The molecule has 1 unspecified atom stereocenters. The lowest BCUT2D eigenvalue weighted by Crippen LogP contribution is -2.40. The maximum Gasteiger partial charge on any atom is 0.338 e. The van der Waals surface area contributed by atoms with Gasteiger partial charge in [-0.25, -0.2) is 9.79 Å². The quantitative estimate of drug-likeness (QED) is 0.263. The molecule has 0 aliphatic carbocycles. The maximum absolute atomic E-state index is 13.9. The van der Waals surface area contributed by atoms with Gasteiger partial charge in [0.1, 0.15) is 18.1 Å². The van der Waals surface area contributed by atoms with E-state index in [-0.39, 0.29) is 18.8 Å². The van der Waals surface area contributed by atoms with E-state index in [0.717, 1.165) is 15.6 Å². The molecule has 206 valence electrons. The molecule has 1 aliphatic heterocycles. The highest BCUT2D eigenvalue weighted by molar-refractivity contribution is 9.10. The van der Waals surface area contributed by atoms with Crippen molar-refractivity contribution in [1.82, 2.24) is 4.57 Å². The highest BCUT2D eigenvalue weighted by Crippen LogP contribution is 2.34. The average molecular weight is 616 g/mol. The minimum atomic E-state index is -0.691. The van der Waals surface area contributed by atoms with E-state index in [0.29, 0.717) is 43.6 Å². The first-order valence-electron chi connectivity index (χ1n) is 12.4. The predicted octanol–water partition coefficient (Wildman–Crippen LogP) is 4.33. The Morgan fingerprint density at radius 3 is 2.41 bits per heavy atom. The van der Waals surface area contributed by atoms with Crippen LogP contribution in [0.5, 0.6) is 11.5 Å². The van der Waals surface area contributed by atoms with E-state index in [4.69, 9.17) is 18.9 Å². The summed E-state index contributed by atoms with van der Waals surface area (Å²) in [4.78, 5) is 32.4. The van der Waals surface area contributed by atoms with E-state index >= 15 is 0 Å². The number of aromatic nitrogens is 1. The van der Waals surface area contributed by atoms with Gasteiger partial charge in [0, 0.05) is 18.7 Å².